The SMILES string of the molecule is BrCCCCCc1ccccc1CCCCCBr.Cc1cccc[n+]1CCCCCc1ccccc1CCCCC[n+]1ccccc1C. The quantitative estimate of drug-likeness (QED) is 0.0426. The van der Waals surface area contributed by atoms with Crippen molar-refractivity contribution < 1.29 is 9.13 Å². The second-order valence-corrected chi connectivity index (χ2v) is 14.8. The molecule has 2 aromatic heterocycles. The Morgan fingerprint density at radius 1 is 0.375 bits per heavy atom. The number of aromatic nitrogens is 2. The van der Waals surface area contributed by atoms with Gasteiger partial charge in [0.25, 0.3) is 0 Å². The molecule has 4 heteroatoms. The Bertz CT molecular complexity index is 1300. The van der Waals surface area contributed by atoms with Crippen LogP contribution in [0, 0.1) is 13.8 Å². The number of alkyl halides is 2. The second-order valence-electron chi connectivity index (χ2n) is 13.2. The molecule has 2 aromatic carbocycles. The molecule has 0 N–H and O–H groups in total. The summed E-state index contributed by atoms with van der Waals surface area (Å²) < 4.78 is 4.73. The molecule has 0 amide bonds. The zero-order valence-electron chi connectivity index (χ0n) is 30.0. The topological polar surface area (TPSA) is 7.76 Å². The normalized spacial score (nSPS) is 10.9. The van der Waals surface area contributed by atoms with Crippen LogP contribution in [0.5, 0.6) is 0 Å². The van der Waals surface area contributed by atoms with E-state index in [2.05, 4.69) is 152 Å². The first-order valence-corrected chi connectivity index (χ1v) is 21.0. The van der Waals surface area contributed by atoms with Crippen LogP contribution in [-0.2, 0) is 38.8 Å². The molecule has 0 bridgehead atoms. The van der Waals surface area contributed by atoms with Crippen LogP contribution in [0.15, 0.2) is 97.3 Å². The fourth-order valence-corrected chi connectivity index (χ4v) is 7.23. The van der Waals surface area contributed by atoms with Crippen LogP contribution >= 0.6 is 31.9 Å². The largest absolute Gasteiger partial charge is 0.203 e. The number of hydrogen-bond acceptors (Lipinski definition) is 0. The first kappa shape index (κ1) is 40.1. The number of pyridine rings is 2. The summed E-state index contributed by atoms with van der Waals surface area (Å²) >= 11 is 6.99. The van der Waals surface area contributed by atoms with E-state index in [0.717, 1.165) is 23.7 Å². The predicted molar refractivity (Wildman–Crippen MR) is 213 cm³/mol. The summed E-state index contributed by atoms with van der Waals surface area (Å²) in [5.74, 6) is 0. The Morgan fingerprint density at radius 2 is 0.688 bits per heavy atom. The van der Waals surface area contributed by atoms with Crippen LogP contribution in [0.2, 0.25) is 0 Å². The molecular formula is C44H62Br2N2+2. The van der Waals surface area contributed by atoms with Crippen molar-refractivity contribution in [1.29, 1.82) is 0 Å². The van der Waals surface area contributed by atoms with Crippen LogP contribution < -0.4 is 9.13 Å². The summed E-state index contributed by atoms with van der Waals surface area (Å²) in [4.78, 5) is 0. The molecule has 0 spiro atoms. The predicted octanol–water partition coefficient (Wildman–Crippen LogP) is 11.6. The van der Waals surface area contributed by atoms with Crippen LogP contribution in [0.1, 0.15) is 111 Å². The summed E-state index contributed by atoms with van der Waals surface area (Å²) in [5.41, 5.74) is 8.98. The minimum Gasteiger partial charge on any atom is -0.203 e. The summed E-state index contributed by atoms with van der Waals surface area (Å²) in [6.07, 6.45) is 24.9. The van der Waals surface area contributed by atoms with Gasteiger partial charge in [-0.15, -0.1) is 0 Å². The monoisotopic (exact) mass is 776 g/mol. The average Bonchev–Trinajstić information content (AvgIpc) is 3.11. The highest BCUT2D eigenvalue weighted by Crippen LogP contribution is 2.17. The molecule has 0 aliphatic carbocycles. The molecule has 0 atom stereocenters. The molecule has 2 nitrogen and oxygen atoms in total. The number of hydrogen-bond donors (Lipinski definition) is 0. The first-order valence-electron chi connectivity index (χ1n) is 18.8. The maximum absolute atomic E-state index is 3.50. The van der Waals surface area contributed by atoms with Gasteiger partial charge in [0.05, 0.1) is 0 Å². The lowest BCUT2D eigenvalue weighted by Crippen LogP contribution is -2.36. The standard InChI is InChI=1S/C28H38N2.C16H24Br2/c1-25-15-9-13-23-29(25)21-11-3-5-17-27-19-7-8-20-28(27)18-6-4-12-22-30-24-14-10-16-26(30)2;17-13-7-1-3-9-15-11-5-6-12-16(15)10-4-2-8-14-18/h7-10,13-16,19-20,23-24H,3-6,11-12,17-18,21-22H2,1-2H3;5-6,11-12H,1-4,7-10,13-14H2/q+2;. The third-order valence-electron chi connectivity index (χ3n) is 9.42. The van der Waals surface area contributed by atoms with Gasteiger partial charge in [-0.2, -0.15) is 0 Å². The molecule has 4 rings (SSSR count). The van der Waals surface area contributed by atoms with E-state index in [-0.39, 0.29) is 0 Å². The summed E-state index contributed by atoms with van der Waals surface area (Å²) in [7, 11) is 0. The van der Waals surface area contributed by atoms with Crippen LogP contribution in [-0.4, -0.2) is 10.7 Å². The van der Waals surface area contributed by atoms with Crippen LogP contribution in [0.3, 0.4) is 0 Å². The summed E-state index contributed by atoms with van der Waals surface area (Å²) in [5, 5.41) is 2.28. The third kappa shape index (κ3) is 16.4. The van der Waals surface area contributed by atoms with Gasteiger partial charge < -0.3 is 0 Å². The minimum atomic E-state index is 1.13. The van der Waals surface area contributed by atoms with Crippen molar-refractivity contribution in [1.82, 2.24) is 0 Å². The molecule has 0 radical (unpaired) electrons. The maximum atomic E-state index is 3.50. The molecular weight excluding hydrogens is 716 g/mol. The number of aryl methyl sites for hydroxylation is 8. The molecule has 0 unspecified atom stereocenters. The molecule has 0 saturated carbocycles. The van der Waals surface area contributed by atoms with Gasteiger partial charge in [0.1, 0.15) is 13.1 Å². The molecule has 0 aliphatic heterocycles. The van der Waals surface area contributed by atoms with Gasteiger partial charge in [-0.05, 0) is 99.3 Å². The Morgan fingerprint density at radius 3 is 1.00 bits per heavy atom. The van der Waals surface area contributed by atoms with Crippen molar-refractivity contribution in [2.75, 3.05) is 10.7 Å². The van der Waals surface area contributed by atoms with Gasteiger partial charge in [0.15, 0.2) is 23.8 Å². The summed E-state index contributed by atoms with van der Waals surface area (Å²) in [6.45, 7) is 6.65. The smallest absolute Gasteiger partial charge is 0.178 e. The van der Waals surface area contributed by atoms with Crippen molar-refractivity contribution in [3.05, 3.63) is 131 Å². The number of rotatable bonds is 22. The highest BCUT2D eigenvalue weighted by Gasteiger charge is 2.07. The highest BCUT2D eigenvalue weighted by atomic mass is 79.9. The van der Waals surface area contributed by atoms with E-state index < -0.39 is 0 Å². The Labute approximate surface area is 310 Å². The third-order valence-corrected chi connectivity index (χ3v) is 10.5. The highest BCUT2D eigenvalue weighted by molar-refractivity contribution is 9.09. The zero-order valence-corrected chi connectivity index (χ0v) is 33.2. The Balaban J connectivity index is 0.000000297. The van der Waals surface area contributed by atoms with E-state index in [1.54, 1.807) is 22.3 Å². The molecule has 2 heterocycles. The van der Waals surface area contributed by atoms with Gasteiger partial charge in [0, 0.05) is 61.6 Å². The minimum absolute atomic E-state index is 1.13. The number of unbranched alkanes of at least 4 members (excludes halogenated alkanes) is 8. The fraction of sp³-hybridized carbons (Fsp3) is 0.500. The van der Waals surface area contributed by atoms with E-state index in [1.807, 2.05) is 0 Å². The van der Waals surface area contributed by atoms with Crippen molar-refractivity contribution in [3.8, 4) is 0 Å². The van der Waals surface area contributed by atoms with Crippen molar-refractivity contribution >= 4 is 31.9 Å². The Hall–Kier alpha value is -2.30. The zero-order chi connectivity index (χ0) is 34.1. The van der Waals surface area contributed by atoms with Gasteiger partial charge in [0.2, 0.25) is 0 Å². The van der Waals surface area contributed by atoms with Crippen molar-refractivity contribution in [2.45, 2.75) is 130 Å². The van der Waals surface area contributed by atoms with Crippen LogP contribution in [0.4, 0.5) is 0 Å². The van der Waals surface area contributed by atoms with Gasteiger partial charge in [-0.3, -0.25) is 0 Å². The lowest BCUT2D eigenvalue weighted by atomic mass is 9.97. The van der Waals surface area contributed by atoms with Gasteiger partial charge in [-0.1, -0.05) is 105 Å². The van der Waals surface area contributed by atoms with E-state index >= 15 is 0 Å². The average molecular weight is 779 g/mol. The Kier molecular flexibility index (Phi) is 21.4. The summed E-state index contributed by atoms with van der Waals surface area (Å²) in [6, 6.07) is 31.0. The molecule has 260 valence electrons. The van der Waals surface area contributed by atoms with E-state index in [4.69, 9.17) is 0 Å². The van der Waals surface area contributed by atoms with Gasteiger partial charge in [-0.25, -0.2) is 9.13 Å². The van der Waals surface area contributed by atoms with E-state index in [0.29, 0.717) is 0 Å². The van der Waals surface area contributed by atoms with E-state index in [1.165, 1.54) is 114 Å². The number of benzene rings is 2. The number of halogens is 2. The maximum Gasteiger partial charge on any atom is 0.178 e. The van der Waals surface area contributed by atoms with Crippen LogP contribution in [0.25, 0.3) is 0 Å². The molecule has 0 aliphatic rings. The molecule has 0 saturated heterocycles. The molecule has 0 fully saturated rings. The second kappa shape index (κ2) is 25.6. The van der Waals surface area contributed by atoms with Crippen molar-refractivity contribution in [3.63, 3.8) is 0 Å². The number of nitrogens with zero attached hydrogens (tertiary/aromatic N) is 2. The van der Waals surface area contributed by atoms with Gasteiger partial charge >= 0.3 is 0 Å². The fourth-order valence-electron chi connectivity index (χ4n) is 6.44. The first-order chi connectivity index (χ1) is 23.6. The van der Waals surface area contributed by atoms with E-state index in [9.17, 15) is 0 Å². The molecule has 4 aromatic rings. The lowest BCUT2D eigenvalue weighted by molar-refractivity contribution is -0.703. The lowest BCUT2D eigenvalue weighted by Gasteiger charge is -2.09. The molecule has 48 heavy (non-hydrogen) atoms. The van der Waals surface area contributed by atoms with Crippen molar-refractivity contribution in [2.24, 2.45) is 0 Å².